The summed E-state index contributed by atoms with van der Waals surface area (Å²) in [6.07, 6.45) is 1.79. The van der Waals surface area contributed by atoms with Crippen molar-refractivity contribution in [3.63, 3.8) is 0 Å². The van der Waals surface area contributed by atoms with Gasteiger partial charge in [0.15, 0.2) is 0 Å². The number of carbonyl (C=O) groups is 1. The average molecular weight is 380 g/mol. The van der Waals surface area contributed by atoms with Gasteiger partial charge in [0.1, 0.15) is 5.82 Å². The fraction of sp³-hybridized carbons (Fsp3) is 0.421. The highest BCUT2D eigenvalue weighted by Gasteiger charge is 2.19. The molecule has 0 spiro atoms. The van der Waals surface area contributed by atoms with Crippen LogP contribution in [0.5, 0.6) is 0 Å². The van der Waals surface area contributed by atoms with Gasteiger partial charge in [0, 0.05) is 55.9 Å². The highest BCUT2D eigenvalue weighted by molar-refractivity contribution is 5.90. The monoisotopic (exact) mass is 380 g/mol. The summed E-state index contributed by atoms with van der Waals surface area (Å²) < 4.78 is 1.58. The van der Waals surface area contributed by atoms with Crippen LogP contribution in [0.4, 0.5) is 5.82 Å². The molecule has 0 aromatic carbocycles. The van der Waals surface area contributed by atoms with Crippen molar-refractivity contribution in [2.24, 2.45) is 0 Å². The van der Waals surface area contributed by atoms with Crippen LogP contribution in [-0.2, 0) is 6.54 Å². The van der Waals surface area contributed by atoms with Gasteiger partial charge >= 0.3 is 0 Å². The number of rotatable bonds is 4. The number of aryl methyl sites for hydroxylation is 2. The molecule has 1 N–H and O–H groups in total. The van der Waals surface area contributed by atoms with Crippen LogP contribution in [0, 0.1) is 13.8 Å². The van der Waals surface area contributed by atoms with Gasteiger partial charge in [-0.1, -0.05) is 6.07 Å². The quantitative estimate of drug-likeness (QED) is 0.716. The van der Waals surface area contributed by atoms with Crippen LogP contribution in [0.2, 0.25) is 0 Å². The van der Waals surface area contributed by atoms with Crippen LogP contribution in [0.1, 0.15) is 27.6 Å². The van der Waals surface area contributed by atoms with Gasteiger partial charge in [-0.15, -0.1) is 5.10 Å². The first-order chi connectivity index (χ1) is 13.5. The van der Waals surface area contributed by atoms with Crippen molar-refractivity contribution in [1.29, 1.82) is 0 Å². The second-order valence-corrected chi connectivity index (χ2v) is 7.15. The van der Waals surface area contributed by atoms with E-state index in [2.05, 4.69) is 42.2 Å². The van der Waals surface area contributed by atoms with E-state index in [1.54, 1.807) is 10.7 Å². The van der Waals surface area contributed by atoms with Crippen LogP contribution in [0.25, 0.3) is 5.78 Å². The predicted molar refractivity (Wildman–Crippen MR) is 105 cm³/mol. The van der Waals surface area contributed by atoms with Crippen molar-refractivity contribution in [2.45, 2.75) is 20.4 Å². The third-order valence-corrected chi connectivity index (χ3v) is 4.93. The molecule has 1 amide bonds. The fourth-order valence-corrected chi connectivity index (χ4v) is 3.39. The zero-order valence-corrected chi connectivity index (χ0v) is 16.4. The molecule has 1 aliphatic rings. The Balaban J connectivity index is 1.49. The number of amides is 1. The molecule has 1 saturated heterocycles. The van der Waals surface area contributed by atoms with Crippen molar-refractivity contribution in [3.8, 4) is 0 Å². The summed E-state index contributed by atoms with van der Waals surface area (Å²) in [7, 11) is 2.12. The van der Waals surface area contributed by atoms with Gasteiger partial charge in [-0.2, -0.15) is 4.98 Å². The van der Waals surface area contributed by atoms with Crippen LogP contribution in [0.3, 0.4) is 0 Å². The van der Waals surface area contributed by atoms with E-state index in [4.69, 9.17) is 0 Å². The van der Waals surface area contributed by atoms with Crippen LogP contribution >= 0.6 is 0 Å². The first-order valence-corrected chi connectivity index (χ1v) is 9.38. The first-order valence-electron chi connectivity index (χ1n) is 9.38. The first kappa shape index (κ1) is 18.3. The number of hydrogen-bond donors (Lipinski definition) is 1. The summed E-state index contributed by atoms with van der Waals surface area (Å²) in [4.78, 5) is 30.3. The third kappa shape index (κ3) is 3.65. The van der Waals surface area contributed by atoms with Crippen molar-refractivity contribution in [2.75, 3.05) is 38.1 Å². The Morgan fingerprint density at radius 2 is 1.96 bits per heavy atom. The molecule has 9 nitrogen and oxygen atoms in total. The van der Waals surface area contributed by atoms with E-state index >= 15 is 0 Å². The maximum absolute atomic E-state index is 12.6. The maximum Gasteiger partial charge on any atom is 0.291 e. The van der Waals surface area contributed by atoms with E-state index in [-0.39, 0.29) is 11.7 Å². The summed E-state index contributed by atoms with van der Waals surface area (Å²) in [6, 6.07) is 5.79. The SMILES string of the molecule is Cc1cc(C)n2nc(C(=O)NCc3cccnc3N3CCN(C)CC3)nc2n1. The molecule has 28 heavy (non-hydrogen) atoms. The molecule has 146 valence electrons. The zero-order chi connectivity index (χ0) is 19.7. The summed E-state index contributed by atoms with van der Waals surface area (Å²) in [5, 5.41) is 7.20. The topological polar surface area (TPSA) is 91.6 Å². The molecule has 1 fully saturated rings. The number of carbonyl (C=O) groups excluding carboxylic acids is 1. The number of piperazine rings is 1. The lowest BCUT2D eigenvalue weighted by Crippen LogP contribution is -2.45. The van der Waals surface area contributed by atoms with E-state index < -0.39 is 0 Å². The molecule has 0 aliphatic carbocycles. The Morgan fingerprint density at radius 3 is 2.75 bits per heavy atom. The number of likely N-dealkylation sites (N-methyl/N-ethyl adjacent to an activating group) is 1. The molecule has 0 bridgehead atoms. The normalized spacial score (nSPS) is 15.2. The molecule has 1 aliphatic heterocycles. The van der Waals surface area contributed by atoms with Gasteiger partial charge in [-0.05, 0) is 33.0 Å². The lowest BCUT2D eigenvalue weighted by molar-refractivity contribution is 0.0940. The Bertz CT molecular complexity index is 1010. The number of pyridine rings is 1. The Kier molecular flexibility index (Phi) is 4.91. The lowest BCUT2D eigenvalue weighted by atomic mass is 10.2. The van der Waals surface area contributed by atoms with Crippen molar-refractivity contribution >= 4 is 17.5 Å². The molecule has 3 aromatic rings. The summed E-state index contributed by atoms with van der Waals surface area (Å²) in [5.41, 5.74) is 2.71. The van der Waals surface area contributed by atoms with E-state index in [0.717, 1.165) is 48.9 Å². The van der Waals surface area contributed by atoms with Crippen molar-refractivity contribution in [1.82, 2.24) is 34.8 Å². The minimum atomic E-state index is -0.323. The molecule has 0 atom stereocenters. The van der Waals surface area contributed by atoms with Crippen LogP contribution in [-0.4, -0.2) is 68.6 Å². The van der Waals surface area contributed by atoms with E-state index in [9.17, 15) is 4.79 Å². The number of nitrogens with one attached hydrogen (secondary N) is 1. The molecule has 4 heterocycles. The van der Waals surface area contributed by atoms with Crippen LogP contribution < -0.4 is 10.2 Å². The number of fused-ring (bicyclic) bond motifs is 1. The van der Waals surface area contributed by atoms with Gasteiger partial charge in [0.05, 0.1) is 0 Å². The number of anilines is 1. The van der Waals surface area contributed by atoms with E-state index in [1.807, 2.05) is 32.0 Å². The molecule has 4 rings (SSSR count). The minimum absolute atomic E-state index is 0.117. The fourth-order valence-electron chi connectivity index (χ4n) is 3.39. The second kappa shape index (κ2) is 7.51. The van der Waals surface area contributed by atoms with Gasteiger partial charge in [0.2, 0.25) is 5.82 Å². The van der Waals surface area contributed by atoms with E-state index in [0.29, 0.717) is 12.3 Å². The summed E-state index contributed by atoms with van der Waals surface area (Å²) >= 11 is 0. The number of aromatic nitrogens is 5. The minimum Gasteiger partial charge on any atom is -0.354 e. The molecule has 0 unspecified atom stereocenters. The van der Waals surface area contributed by atoms with Crippen LogP contribution in [0.15, 0.2) is 24.4 Å². The molecule has 3 aromatic heterocycles. The lowest BCUT2D eigenvalue weighted by Gasteiger charge is -2.34. The Morgan fingerprint density at radius 1 is 1.18 bits per heavy atom. The summed E-state index contributed by atoms with van der Waals surface area (Å²) in [5.74, 6) is 1.15. The molecular weight excluding hydrogens is 356 g/mol. The Hall–Kier alpha value is -3.07. The standard InChI is InChI=1S/C19H24N8O/c1-13-11-14(2)27-19(22-13)23-16(24-27)18(28)21-12-15-5-4-6-20-17(15)26-9-7-25(3)8-10-26/h4-6,11H,7-10,12H2,1-3H3,(H,21,28). The molecule has 0 radical (unpaired) electrons. The highest BCUT2D eigenvalue weighted by Crippen LogP contribution is 2.18. The largest absolute Gasteiger partial charge is 0.354 e. The maximum atomic E-state index is 12.6. The third-order valence-electron chi connectivity index (χ3n) is 4.93. The molecule has 0 saturated carbocycles. The van der Waals surface area contributed by atoms with Gasteiger partial charge in [0.25, 0.3) is 11.7 Å². The van der Waals surface area contributed by atoms with Gasteiger partial charge in [-0.3, -0.25) is 4.79 Å². The smallest absolute Gasteiger partial charge is 0.291 e. The van der Waals surface area contributed by atoms with E-state index in [1.165, 1.54) is 0 Å². The summed E-state index contributed by atoms with van der Waals surface area (Å²) in [6.45, 7) is 8.02. The highest BCUT2D eigenvalue weighted by atomic mass is 16.2. The predicted octanol–water partition coefficient (Wildman–Crippen LogP) is 0.818. The molecule has 9 heteroatoms. The van der Waals surface area contributed by atoms with Crippen molar-refractivity contribution < 1.29 is 4.79 Å². The van der Waals surface area contributed by atoms with Gasteiger partial charge in [-0.25, -0.2) is 14.5 Å². The zero-order valence-electron chi connectivity index (χ0n) is 16.4. The van der Waals surface area contributed by atoms with Gasteiger partial charge < -0.3 is 15.1 Å². The van der Waals surface area contributed by atoms with Crippen molar-refractivity contribution in [3.05, 3.63) is 47.2 Å². The number of hydrogen-bond acceptors (Lipinski definition) is 7. The Labute approximate surface area is 163 Å². The average Bonchev–Trinajstić information content (AvgIpc) is 3.11. The molecular formula is C19H24N8O. The number of nitrogens with zero attached hydrogens (tertiary/aromatic N) is 7. The second-order valence-electron chi connectivity index (χ2n) is 7.15.